The van der Waals surface area contributed by atoms with Crippen molar-refractivity contribution in [2.75, 3.05) is 6.61 Å². The Morgan fingerprint density at radius 2 is 2.00 bits per heavy atom. The third-order valence-corrected chi connectivity index (χ3v) is 3.29. The van der Waals surface area contributed by atoms with Crippen LogP contribution in [0.1, 0.15) is 66.7 Å². The molecule has 0 aliphatic rings. The molecule has 0 aliphatic carbocycles. The summed E-state index contributed by atoms with van der Waals surface area (Å²) in [5.41, 5.74) is 5.60. The first kappa shape index (κ1) is 18.7. The van der Waals surface area contributed by atoms with E-state index in [2.05, 4.69) is 38.7 Å². The van der Waals surface area contributed by atoms with E-state index in [0.717, 1.165) is 24.8 Å². The fourth-order valence-corrected chi connectivity index (χ4v) is 1.79. The molecule has 0 fully saturated rings. The lowest BCUT2D eigenvalue weighted by atomic mass is 10.0. The molecule has 0 saturated carbocycles. The van der Waals surface area contributed by atoms with Crippen LogP contribution in [0.25, 0.3) is 0 Å². The number of carbonyl (C=O) groups is 1. The quantitative estimate of drug-likeness (QED) is 0.329. The molecule has 0 bridgehead atoms. The van der Waals surface area contributed by atoms with Crippen molar-refractivity contribution in [3.05, 3.63) is 29.0 Å². The van der Waals surface area contributed by atoms with E-state index >= 15 is 0 Å². The van der Waals surface area contributed by atoms with Crippen LogP contribution in [0.5, 0.6) is 0 Å². The van der Waals surface area contributed by atoms with Crippen molar-refractivity contribution >= 4 is 5.97 Å². The molecule has 0 saturated heterocycles. The predicted molar refractivity (Wildman–Crippen MR) is 85.6 cm³/mol. The van der Waals surface area contributed by atoms with Gasteiger partial charge in [-0.05, 0) is 64.0 Å². The Labute approximate surface area is 124 Å². The van der Waals surface area contributed by atoms with Gasteiger partial charge in [-0.25, -0.2) is 0 Å². The number of carbonyl (C=O) groups excluding carboxylic acids is 1. The first-order chi connectivity index (χ1) is 9.49. The molecule has 0 aromatic carbocycles. The highest BCUT2D eigenvalue weighted by atomic mass is 16.5. The Morgan fingerprint density at radius 1 is 1.30 bits per heavy atom. The Balaban J connectivity index is 4.05. The fourth-order valence-electron chi connectivity index (χ4n) is 1.79. The average molecular weight is 278 g/mol. The highest BCUT2D eigenvalue weighted by molar-refractivity contribution is 5.72. The summed E-state index contributed by atoms with van der Waals surface area (Å²) in [6.45, 7) is 10.8. The van der Waals surface area contributed by atoms with Gasteiger partial charge in [0.05, 0.1) is 13.0 Å². The minimum absolute atomic E-state index is 0.167. The standard InChI is InChI=1S/C18H30O2/c1-6-15(3)10-8-11-16(4)12-9-13-17(5)14-18(19)20-7-2/h9-10,16H,6-8,11-12,14H2,1-5H3. The molecule has 1 unspecified atom stereocenters. The molecule has 2 nitrogen and oxygen atoms in total. The molecule has 0 N–H and O–H groups in total. The van der Waals surface area contributed by atoms with Crippen LogP contribution < -0.4 is 0 Å². The molecule has 0 heterocycles. The van der Waals surface area contributed by atoms with Crippen LogP contribution in [-0.4, -0.2) is 12.6 Å². The van der Waals surface area contributed by atoms with E-state index in [1.165, 1.54) is 12.0 Å². The van der Waals surface area contributed by atoms with Gasteiger partial charge >= 0.3 is 5.97 Å². The summed E-state index contributed by atoms with van der Waals surface area (Å²) in [6.07, 6.45) is 9.24. The first-order valence-corrected chi connectivity index (χ1v) is 7.71. The third kappa shape index (κ3) is 10.6. The van der Waals surface area contributed by atoms with E-state index in [1.807, 2.05) is 13.8 Å². The first-order valence-electron chi connectivity index (χ1n) is 7.71. The highest BCUT2D eigenvalue weighted by Gasteiger charge is 2.02. The monoisotopic (exact) mass is 278 g/mol. The largest absolute Gasteiger partial charge is 0.466 e. The zero-order chi connectivity index (χ0) is 15.4. The molecule has 0 aliphatic heterocycles. The molecule has 0 amide bonds. The van der Waals surface area contributed by atoms with Gasteiger partial charge in [-0.2, -0.15) is 0 Å². The zero-order valence-corrected chi connectivity index (χ0v) is 13.8. The molecule has 1 atom stereocenters. The number of rotatable bonds is 9. The Kier molecular flexibility index (Phi) is 10.8. The maximum absolute atomic E-state index is 11.3. The summed E-state index contributed by atoms with van der Waals surface area (Å²) in [7, 11) is 0. The van der Waals surface area contributed by atoms with Gasteiger partial charge in [0.2, 0.25) is 0 Å². The van der Waals surface area contributed by atoms with Crippen molar-refractivity contribution in [1.82, 2.24) is 0 Å². The molecule has 0 rings (SSSR count). The fraction of sp³-hybridized carbons (Fsp3) is 0.667. The van der Waals surface area contributed by atoms with Crippen molar-refractivity contribution in [3.63, 3.8) is 0 Å². The van der Waals surface area contributed by atoms with Crippen molar-refractivity contribution in [3.8, 4) is 0 Å². The van der Waals surface area contributed by atoms with E-state index < -0.39 is 0 Å². The Hall–Kier alpha value is -1.27. The van der Waals surface area contributed by atoms with Gasteiger partial charge in [-0.1, -0.05) is 25.5 Å². The number of allylic oxidation sites excluding steroid dienone is 2. The summed E-state index contributed by atoms with van der Waals surface area (Å²) < 4.78 is 4.91. The summed E-state index contributed by atoms with van der Waals surface area (Å²) in [4.78, 5) is 11.3. The van der Waals surface area contributed by atoms with E-state index in [0.29, 0.717) is 18.9 Å². The highest BCUT2D eigenvalue weighted by Crippen LogP contribution is 2.13. The van der Waals surface area contributed by atoms with Crippen LogP contribution in [0.15, 0.2) is 29.0 Å². The van der Waals surface area contributed by atoms with Crippen LogP contribution in [0.4, 0.5) is 0 Å². The molecular formula is C18H30O2. The van der Waals surface area contributed by atoms with E-state index in [4.69, 9.17) is 4.74 Å². The molecule has 0 radical (unpaired) electrons. The maximum atomic E-state index is 11.3. The number of hydrogen-bond donors (Lipinski definition) is 0. The molecule has 20 heavy (non-hydrogen) atoms. The minimum Gasteiger partial charge on any atom is -0.466 e. The van der Waals surface area contributed by atoms with Gasteiger partial charge in [0.25, 0.3) is 0 Å². The summed E-state index contributed by atoms with van der Waals surface area (Å²) in [6, 6.07) is 0. The second-order valence-electron chi connectivity index (χ2n) is 5.43. The SMILES string of the molecule is CCOC(=O)CC(C)=C=CCC(C)CCC=C(C)CC. The predicted octanol–water partition coefficient (Wildman–Crippen LogP) is 5.20. The molecule has 0 aromatic heterocycles. The van der Waals surface area contributed by atoms with Crippen LogP contribution >= 0.6 is 0 Å². The maximum Gasteiger partial charge on any atom is 0.310 e. The normalized spacial score (nSPS) is 12.6. The average Bonchev–Trinajstić information content (AvgIpc) is 2.38. The van der Waals surface area contributed by atoms with Gasteiger partial charge in [0, 0.05) is 0 Å². The van der Waals surface area contributed by atoms with Crippen LogP contribution in [0.3, 0.4) is 0 Å². The summed E-state index contributed by atoms with van der Waals surface area (Å²) in [5, 5.41) is 0. The van der Waals surface area contributed by atoms with E-state index in [1.54, 1.807) is 0 Å². The Bertz CT molecular complexity index is 371. The second-order valence-corrected chi connectivity index (χ2v) is 5.43. The molecule has 0 aromatic rings. The lowest BCUT2D eigenvalue weighted by Gasteiger charge is -2.06. The van der Waals surface area contributed by atoms with Gasteiger partial charge in [0.1, 0.15) is 0 Å². The Morgan fingerprint density at radius 3 is 2.60 bits per heavy atom. The summed E-state index contributed by atoms with van der Waals surface area (Å²) >= 11 is 0. The lowest BCUT2D eigenvalue weighted by molar-refractivity contribution is -0.142. The zero-order valence-electron chi connectivity index (χ0n) is 13.8. The van der Waals surface area contributed by atoms with Crippen LogP contribution in [0, 0.1) is 5.92 Å². The van der Waals surface area contributed by atoms with Crippen LogP contribution in [0.2, 0.25) is 0 Å². The smallest absolute Gasteiger partial charge is 0.310 e. The molecule has 0 spiro atoms. The topological polar surface area (TPSA) is 26.3 Å². The van der Waals surface area contributed by atoms with E-state index in [-0.39, 0.29) is 5.97 Å². The minimum atomic E-state index is -0.167. The second kappa shape index (κ2) is 11.5. The van der Waals surface area contributed by atoms with Gasteiger partial charge in [0.15, 0.2) is 0 Å². The lowest BCUT2D eigenvalue weighted by Crippen LogP contribution is -2.03. The van der Waals surface area contributed by atoms with Crippen molar-refractivity contribution in [1.29, 1.82) is 0 Å². The summed E-state index contributed by atoms with van der Waals surface area (Å²) in [5.74, 6) is 0.484. The molecule has 114 valence electrons. The van der Waals surface area contributed by atoms with Crippen molar-refractivity contribution in [2.45, 2.75) is 66.7 Å². The van der Waals surface area contributed by atoms with E-state index in [9.17, 15) is 4.79 Å². The van der Waals surface area contributed by atoms with Gasteiger partial charge in [-0.3, -0.25) is 4.79 Å². The molecular weight excluding hydrogens is 248 g/mol. The number of hydrogen-bond acceptors (Lipinski definition) is 2. The third-order valence-electron chi connectivity index (χ3n) is 3.29. The van der Waals surface area contributed by atoms with Crippen molar-refractivity contribution < 1.29 is 9.53 Å². The van der Waals surface area contributed by atoms with Gasteiger partial charge in [-0.15, -0.1) is 5.73 Å². The molecule has 2 heteroatoms. The van der Waals surface area contributed by atoms with Gasteiger partial charge < -0.3 is 4.74 Å². The number of esters is 1. The number of ether oxygens (including phenoxy) is 1. The van der Waals surface area contributed by atoms with Crippen molar-refractivity contribution in [2.24, 2.45) is 5.92 Å². The van der Waals surface area contributed by atoms with Crippen LogP contribution in [-0.2, 0) is 9.53 Å².